The number of hydrogen-bond acceptors (Lipinski definition) is 5. The van der Waals surface area contributed by atoms with Crippen molar-refractivity contribution in [2.75, 3.05) is 0 Å². The fourth-order valence-electron chi connectivity index (χ4n) is 1.59. The number of aromatic nitrogens is 2. The standard InChI is InChI=1S/C11H15N3OS/c1-3-6-11(2,12)10-13-9(14-15-10)8-5-4-7-16-8/h4-5,7H,3,6,12H2,1-2H3. The molecule has 2 aromatic heterocycles. The van der Waals surface area contributed by atoms with E-state index in [1.165, 1.54) is 0 Å². The van der Waals surface area contributed by atoms with E-state index in [2.05, 4.69) is 17.1 Å². The molecule has 86 valence electrons. The van der Waals surface area contributed by atoms with Crippen molar-refractivity contribution in [3.63, 3.8) is 0 Å². The third-order valence-corrected chi connectivity index (χ3v) is 3.29. The minimum absolute atomic E-state index is 0.512. The average Bonchev–Trinajstić information content (AvgIpc) is 2.89. The Morgan fingerprint density at radius 3 is 3.00 bits per heavy atom. The molecule has 0 bridgehead atoms. The molecule has 2 heterocycles. The van der Waals surface area contributed by atoms with Crippen molar-refractivity contribution in [2.24, 2.45) is 5.73 Å². The topological polar surface area (TPSA) is 64.9 Å². The maximum atomic E-state index is 6.12. The first-order valence-electron chi connectivity index (χ1n) is 5.30. The highest BCUT2D eigenvalue weighted by atomic mass is 32.1. The van der Waals surface area contributed by atoms with Crippen molar-refractivity contribution < 1.29 is 4.52 Å². The van der Waals surface area contributed by atoms with Crippen LogP contribution in [-0.4, -0.2) is 10.1 Å². The molecule has 1 atom stereocenters. The number of thiophene rings is 1. The van der Waals surface area contributed by atoms with E-state index in [4.69, 9.17) is 10.3 Å². The van der Waals surface area contributed by atoms with Gasteiger partial charge in [0.15, 0.2) is 0 Å². The van der Waals surface area contributed by atoms with Crippen LogP contribution < -0.4 is 5.73 Å². The molecule has 0 aliphatic carbocycles. The van der Waals surface area contributed by atoms with E-state index in [9.17, 15) is 0 Å². The van der Waals surface area contributed by atoms with Gasteiger partial charge in [0, 0.05) is 0 Å². The maximum Gasteiger partial charge on any atom is 0.246 e. The molecule has 0 radical (unpaired) electrons. The Morgan fingerprint density at radius 2 is 2.38 bits per heavy atom. The predicted octanol–water partition coefficient (Wildman–Crippen LogP) is 2.77. The number of nitrogens with two attached hydrogens (primary N) is 1. The van der Waals surface area contributed by atoms with Crippen molar-refractivity contribution >= 4 is 11.3 Å². The minimum atomic E-state index is -0.530. The fourth-order valence-corrected chi connectivity index (χ4v) is 2.24. The van der Waals surface area contributed by atoms with Crippen LogP contribution in [0.25, 0.3) is 10.7 Å². The molecule has 0 aliphatic heterocycles. The predicted molar refractivity (Wildman–Crippen MR) is 64.1 cm³/mol. The zero-order valence-electron chi connectivity index (χ0n) is 9.43. The molecule has 2 rings (SSSR count). The maximum absolute atomic E-state index is 6.12. The molecule has 2 aromatic rings. The monoisotopic (exact) mass is 237 g/mol. The van der Waals surface area contributed by atoms with Crippen LogP contribution in [0.2, 0.25) is 0 Å². The molecule has 0 aromatic carbocycles. The summed E-state index contributed by atoms with van der Waals surface area (Å²) in [6.45, 7) is 4.00. The van der Waals surface area contributed by atoms with Gasteiger partial charge >= 0.3 is 0 Å². The smallest absolute Gasteiger partial charge is 0.246 e. The quantitative estimate of drug-likeness (QED) is 0.888. The van der Waals surface area contributed by atoms with Gasteiger partial charge in [-0.3, -0.25) is 0 Å². The van der Waals surface area contributed by atoms with Gasteiger partial charge in [-0.25, -0.2) is 0 Å². The second kappa shape index (κ2) is 4.35. The normalized spacial score (nSPS) is 14.9. The van der Waals surface area contributed by atoms with E-state index in [1.807, 2.05) is 24.4 Å². The van der Waals surface area contributed by atoms with Gasteiger partial charge in [-0.2, -0.15) is 4.98 Å². The van der Waals surface area contributed by atoms with Crippen molar-refractivity contribution in [1.82, 2.24) is 10.1 Å². The molecule has 4 nitrogen and oxygen atoms in total. The van der Waals surface area contributed by atoms with Crippen molar-refractivity contribution in [2.45, 2.75) is 32.2 Å². The Balaban J connectivity index is 2.26. The molecule has 0 spiro atoms. The highest BCUT2D eigenvalue weighted by molar-refractivity contribution is 7.13. The Hall–Kier alpha value is -1.20. The highest BCUT2D eigenvalue weighted by Crippen LogP contribution is 2.26. The van der Waals surface area contributed by atoms with Crippen LogP contribution in [0.3, 0.4) is 0 Å². The van der Waals surface area contributed by atoms with Gasteiger partial charge in [0.05, 0.1) is 10.4 Å². The van der Waals surface area contributed by atoms with Crippen LogP contribution in [0.4, 0.5) is 0 Å². The summed E-state index contributed by atoms with van der Waals surface area (Å²) in [5.74, 6) is 1.13. The lowest BCUT2D eigenvalue weighted by Gasteiger charge is -2.18. The number of hydrogen-bond donors (Lipinski definition) is 1. The SMILES string of the molecule is CCCC(C)(N)c1nc(-c2cccs2)no1. The Bertz CT molecular complexity index is 448. The van der Waals surface area contributed by atoms with Crippen LogP contribution >= 0.6 is 11.3 Å². The summed E-state index contributed by atoms with van der Waals surface area (Å²) in [4.78, 5) is 5.35. The van der Waals surface area contributed by atoms with E-state index in [1.54, 1.807) is 11.3 Å². The minimum Gasteiger partial charge on any atom is -0.337 e. The molecule has 0 saturated carbocycles. The second-order valence-electron chi connectivity index (χ2n) is 4.07. The zero-order chi connectivity index (χ0) is 11.6. The van der Waals surface area contributed by atoms with Gasteiger partial charge in [0.1, 0.15) is 0 Å². The Kier molecular flexibility index (Phi) is 3.07. The van der Waals surface area contributed by atoms with Crippen LogP contribution in [0.5, 0.6) is 0 Å². The lowest BCUT2D eigenvalue weighted by atomic mass is 9.98. The number of rotatable bonds is 4. The molecule has 16 heavy (non-hydrogen) atoms. The van der Waals surface area contributed by atoms with Gasteiger partial charge in [-0.1, -0.05) is 24.6 Å². The van der Waals surface area contributed by atoms with Crippen LogP contribution in [0, 0.1) is 0 Å². The summed E-state index contributed by atoms with van der Waals surface area (Å²) >= 11 is 1.59. The van der Waals surface area contributed by atoms with Crippen LogP contribution in [0.15, 0.2) is 22.0 Å². The van der Waals surface area contributed by atoms with E-state index >= 15 is 0 Å². The first kappa shape index (κ1) is 11.3. The highest BCUT2D eigenvalue weighted by Gasteiger charge is 2.27. The van der Waals surface area contributed by atoms with E-state index < -0.39 is 5.54 Å². The molecule has 2 N–H and O–H groups in total. The van der Waals surface area contributed by atoms with Gasteiger partial charge in [0.2, 0.25) is 11.7 Å². The number of nitrogens with zero attached hydrogens (tertiary/aromatic N) is 2. The first-order chi connectivity index (χ1) is 7.63. The first-order valence-corrected chi connectivity index (χ1v) is 6.18. The molecule has 0 amide bonds. The molecule has 0 aliphatic rings. The molecule has 0 fully saturated rings. The second-order valence-corrected chi connectivity index (χ2v) is 5.02. The van der Waals surface area contributed by atoms with Gasteiger partial charge in [-0.15, -0.1) is 11.3 Å². The van der Waals surface area contributed by atoms with Gasteiger partial charge < -0.3 is 10.3 Å². The largest absolute Gasteiger partial charge is 0.337 e. The molecular formula is C11H15N3OS. The molecular weight excluding hydrogens is 222 g/mol. The lowest BCUT2D eigenvalue weighted by Crippen LogP contribution is -2.33. The summed E-state index contributed by atoms with van der Waals surface area (Å²) in [5, 5.41) is 5.94. The van der Waals surface area contributed by atoms with E-state index in [0.29, 0.717) is 11.7 Å². The van der Waals surface area contributed by atoms with Gasteiger partial charge in [-0.05, 0) is 24.8 Å². The fraction of sp³-hybridized carbons (Fsp3) is 0.455. The molecule has 0 saturated heterocycles. The Labute approximate surface area is 98.5 Å². The summed E-state index contributed by atoms with van der Waals surface area (Å²) in [6.07, 6.45) is 1.82. The third-order valence-electron chi connectivity index (χ3n) is 2.43. The van der Waals surface area contributed by atoms with Crippen molar-refractivity contribution in [3.05, 3.63) is 23.4 Å². The third kappa shape index (κ3) is 2.15. The van der Waals surface area contributed by atoms with Crippen LogP contribution in [0.1, 0.15) is 32.6 Å². The van der Waals surface area contributed by atoms with E-state index in [-0.39, 0.29) is 0 Å². The van der Waals surface area contributed by atoms with Crippen molar-refractivity contribution in [1.29, 1.82) is 0 Å². The molecule has 1 unspecified atom stereocenters. The van der Waals surface area contributed by atoms with Crippen LogP contribution in [-0.2, 0) is 5.54 Å². The summed E-state index contributed by atoms with van der Waals surface area (Å²) in [6, 6.07) is 3.93. The Morgan fingerprint density at radius 1 is 1.56 bits per heavy atom. The summed E-state index contributed by atoms with van der Waals surface area (Å²) < 4.78 is 5.23. The average molecular weight is 237 g/mol. The van der Waals surface area contributed by atoms with Crippen molar-refractivity contribution in [3.8, 4) is 10.7 Å². The van der Waals surface area contributed by atoms with Gasteiger partial charge in [0.25, 0.3) is 0 Å². The summed E-state index contributed by atoms with van der Waals surface area (Å²) in [7, 11) is 0. The lowest BCUT2D eigenvalue weighted by molar-refractivity contribution is 0.284. The summed E-state index contributed by atoms with van der Waals surface area (Å²) in [5.41, 5.74) is 5.59. The zero-order valence-corrected chi connectivity index (χ0v) is 10.3. The van der Waals surface area contributed by atoms with E-state index in [0.717, 1.165) is 17.7 Å². The molecule has 5 heteroatoms.